The first-order valence-electron chi connectivity index (χ1n) is 14.3. The van der Waals surface area contributed by atoms with Crippen LogP contribution in [-0.4, -0.2) is 25.0 Å². The van der Waals surface area contributed by atoms with Crippen molar-refractivity contribution < 1.29 is 40.2 Å². The summed E-state index contributed by atoms with van der Waals surface area (Å²) < 4.78 is 107. The van der Waals surface area contributed by atoms with Crippen LogP contribution in [0.25, 0.3) is 11.1 Å². The molecular weight excluding hydrogens is 561 g/mol. The summed E-state index contributed by atoms with van der Waals surface area (Å²) in [7, 11) is 0. The summed E-state index contributed by atoms with van der Waals surface area (Å²) in [4.78, 5) is 0. The van der Waals surface area contributed by atoms with Gasteiger partial charge in [-0.2, -0.15) is 22.0 Å². The maximum absolute atomic E-state index is 14.9. The lowest BCUT2D eigenvalue weighted by Crippen LogP contribution is -2.34. The van der Waals surface area contributed by atoms with Crippen molar-refractivity contribution in [3.8, 4) is 16.9 Å². The molecule has 2 aliphatic rings. The Morgan fingerprint density at radius 1 is 0.881 bits per heavy atom. The van der Waals surface area contributed by atoms with Gasteiger partial charge in [-0.1, -0.05) is 48.6 Å². The molecule has 42 heavy (non-hydrogen) atoms. The van der Waals surface area contributed by atoms with E-state index in [0.29, 0.717) is 37.3 Å². The topological polar surface area (TPSA) is 18.5 Å². The van der Waals surface area contributed by atoms with E-state index in [-0.39, 0.29) is 30.4 Å². The first-order chi connectivity index (χ1) is 19.9. The number of alkyl halides is 5. The Kier molecular flexibility index (Phi) is 10.6. The number of hydrogen-bond donors (Lipinski definition) is 0. The van der Waals surface area contributed by atoms with Gasteiger partial charge in [0.25, 0.3) is 0 Å². The number of allylic oxidation sites excluding steroid dienone is 5. The summed E-state index contributed by atoms with van der Waals surface area (Å²) >= 11 is 0. The Hall–Kier alpha value is -3.07. The highest BCUT2D eigenvalue weighted by atomic mass is 19.4. The van der Waals surface area contributed by atoms with Crippen LogP contribution in [0.5, 0.6) is 5.75 Å². The van der Waals surface area contributed by atoms with Crippen molar-refractivity contribution >= 4 is 0 Å². The summed E-state index contributed by atoms with van der Waals surface area (Å²) in [6, 6.07) is 7.58. The molecule has 0 radical (unpaired) electrons. The molecule has 2 nitrogen and oxygen atoms in total. The lowest BCUT2D eigenvalue weighted by atomic mass is 9.84. The zero-order valence-corrected chi connectivity index (χ0v) is 23.2. The molecule has 1 unspecified atom stereocenters. The van der Waals surface area contributed by atoms with E-state index in [1.807, 2.05) is 6.08 Å². The second kappa shape index (κ2) is 13.9. The third-order valence-corrected chi connectivity index (χ3v) is 7.88. The lowest BCUT2D eigenvalue weighted by molar-refractivity contribution is -0.222. The minimum Gasteiger partial charge on any atom is -0.431 e. The molecule has 0 aromatic heterocycles. The van der Waals surface area contributed by atoms with Crippen molar-refractivity contribution in [1.29, 1.82) is 0 Å². The van der Waals surface area contributed by atoms with Crippen molar-refractivity contribution in [2.24, 2.45) is 5.92 Å². The van der Waals surface area contributed by atoms with Gasteiger partial charge in [-0.3, -0.25) is 0 Å². The molecule has 0 saturated heterocycles. The number of unbranched alkanes of at least 4 members (excludes halogenated alkanes) is 1. The number of rotatable bonds is 11. The second-order valence-corrected chi connectivity index (χ2v) is 11.0. The van der Waals surface area contributed by atoms with E-state index >= 15 is 0 Å². The Labute approximate surface area is 241 Å². The Balaban J connectivity index is 1.31. The van der Waals surface area contributed by atoms with Gasteiger partial charge in [0.05, 0.1) is 11.7 Å². The third kappa shape index (κ3) is 8.72. The van der Waals surface area contributed by atoms with Gasteiger partial charge < -0.3 is 9.47 Å². The molecule has 2 aliphatic carbocycles. The van der Waals surface area contributed by atoms with Crippen LogP contribution >= 0.6 is 0 Å². The van der Waals surface area contributed by atoms with Crippen molar-refractivity contribution in [2.75, 3.05) is 6.61 Å². The lowest BCUT2D eigenvalue weighted by Gasteiger charge is -2.28. The maximum atomic E-state index is 14.9. The van der Waals surface area contributed by atoms with E-state index in [1.54, 1.807) is 12.1 Å². The fourth-order valence-electron chi connectivity index (χ4n) is 5.57. The smallest absolute Gasteiger partial charge is 0.421 e. The summed E-state index contributed by atoms with van der Waals surface area (Å²) in [6.07, 6.45) is 4.05. The zero-order valence-electron chi connectivity index (χ0n) is 23.2. The highest BCUT2D eigenvalue weighted by molar-refractivity contribution is 5.66. The van der Waals surface area contributed by atoms with Crippen LogP contribution in [-0.2, 0) is 4.74 Å². The van der Waals surface area contributed by atoms with Gasteiger partial charge in [-0.25, -0.2) is 8.78 Å². The monoisotopic (exact) mass is 596 g/mol. The maximum Gasteiger partial charge on any atom is 0.421 e. The van der Waals surface area contributed by atoms with Crippen LogP contribution in [0.15, 0.2) is 72.9 Å². The SMILES string of the molecule is C=CCCC=CC1CCC(OCC(F)(F)Oc2cc(F)c(-c3ccc(C4CC=C(C(F)(F)F)CC4)cc3)c(F)c2)CC1. The van der Waals surface area contributed by atoms with E-state index < -0.39 is 47.4 Å². The Bertz CT molecular complexity index is 1230. The average molecular weight is 597 g/mol. The fourth-order valence-corrected chi connectivity index (χ4v) is 5.57. The normalized spacial score (nSPS) is 21.8. The molecule has 0 N–H and O–H groups in total. The Morgan fingerprint density at radius 3 is 2.12 bits per heavy atom. The molecule has 9 heteroatoms. The Morgan fingerprint density at radius 2 is 1.55 bits per heavy atom. The number of benzene rings is 2. The van der Waals surface area contributed by atoms with Crippen molar-refractivity contribution in [3.63, 3.8) is 0 Å². The highest BCUT2D eigenvalue weighted by Crippen LogP contribution is 2.40. The molecule has 0 aliphatic heterocycles. The number of hydrogen-bond acceptors (Lipinski definition) is 2. The van der Waals surface area contributed by atoms with Crippen molar-refractivity contribution in [3.05, 3.63) is 90.1 Å². The number of halogens is 7. The molecule has 0 spiro atoms. The molecule has 1 fully saturated rings. The molecular formula is C33H35F7O2. The van der Waals surface area contributed by atoms with Gasteiger partial charge in [0.1, 0.15) is 17.4 Å². The number of ether oxygens (including phenoxy) is 2. The highest BCUT2D eigenvalue weighted by Gasteiger charge is 2.36. The predicted octanol–water partition coefficient (Wildman–Crippen LogP) is 10.5. The minimum atomic E-state index is -4.33. The van der Waals surface area contributed by atoms with Gasteiger partial charge in [0, 0.05) is 17.7 Å². The zero-order chi connectivity index (χ0) is 30.3. The summed E-state index contributed by atoms with van der Waals surface area (Å²) in [5.74, 6) is -2.57. The quantitative estimate of drug-likeness (QED) is 0.146. The molecule has 2 aromatic rings. The van der Waals surface area contributed by atoms with Crippen LogP contribution in [0.3, 0.4) is 0 Å². The van der Waals surface area contributed by atoms with Gasteiger partial charge >= 0.3 is 12.3 Å². The molecule has 2 aromatic carbocycles. The first kappa shape index (κ1) is 31.9. The molecule has 0 heterocycles. The van der Waals surface area contributed by atoms with E-state index in [4.69, 9.17) is 4.74 Å². The van der Waals surface area contributed by atoms with Crippen molar-refractivity contribution in [2.45, 2.75) is 82.1 Å². The average Bonchev–Trinajstić information content (AvgIpc) is 2.94. The predicted molar refractivity (Wildman–Crippen MR) is 148 cm³/mol. The van der Waals surface area contributed by atoms with E-state index in [0.717, 1.165) is 31.2 Å². The summed E-state index contributed by atoms with van der Waals surface area (Å²) in [5.41, 5.74) is -0.0227. The van der Waals surface area contributed by atoms with Crippen molar-refractivity contribution in [1.82, 2.24) is 0 Å². The van der Waals surface area contributed by atoms with Gasteiger partial charge in [0.15, 0.2) is 6.61 Å². The van der Waals surface area contributed by atoms with Crippen LogP contribution in [0.2, 0.25) is 0 Å². The largest absolute Gasteiger partial charge is 0.431 e. The first-order valence-corrected chi connectivity index (χ1v) is 14.3. The third-order valence-electron chi connectivity index (χ3n) is 7.88. The molecule has 1 saturated carbocycles. The van der Waals surface area contributed by atoms with E-state index in [1.165, 1.54) is 18.2 Å². The van der Waals surface area contributed by atoms with E-state index in [9.17, 15) is 30.7 Å². The standard InChI is InChI=1S/C33H35F7O2/c1-2-3-4-5-6-22-7-17-27(18-8-22)41-21-32(36,37)42-28-19-29(34)31(30(35)20-28)25-11-9-23(10-12-25)24-13-15-26(16-14-24)33(38,39)40/h2,5-6,9-12,15,19-20,22,24,27H,1,3-4,7-8,13-14,16-18,21H2. The molecule has 1 atom stereocenters. The second-order valence-electron chi connectivity index (χ2n) is 11.0. The molecule has 0 amide bonds. The van der Waals surface area contributed by atoms with Gasteiger partial charge in [0.2, 0.25) is 0 Å². The fraction of sp³-hybridized carbons (Fsp3) is 0.455. The van der Waals surface area contributed by atoms with Crippen LogP contribution in [0.1, 0.15) is 69.3 Å². The molecule has 4 rings (SSSR count). The minimum absolute atomic E-state index is 0.0915. The van der Waals surface area contributed by atoms with Gasteiger partial charge in [-0.15, -0.1) is 6.58 Å². The van der Waals surface area contributed by atoms with Crippen LogP contribution < -0.4 is 4.74 Å². The summed E-state index contributed by atoms with van der Waals surface area (Å²) in [5, 5.41) is 0. The molecule has 228 valence electrons. The van der Waals surface area contributed by atoms with E-state index in [2.05, 4.69) is 23.5 Å². The van der Waals surface area contributed by atoms with Gasteiger partial charge in [-0.05, 0) is 80.8 Å². The van der Waals surface area contributed by atoms with Crippen LogP contribution in [0.4, 0.5) is 30.7 Å². The summed E-state index contributed by atoms with van der Waals surface area (Å²) in [6.45, 7) is 2.65. The molecule has 0 bridgehead atoms. The van der Waals surface area contributed by atoms with Crippen LogP contribution in [0, 0.1) is 17.6 Å².